The molecule has 0 aromatic carbocycles. The van der Waals surface area contributed by atoms with E-state index in [1.165, 1.54) is 0 Å². The Morgan fingerprint density at radius 1 is 1.62 bits per heavy atom. The van der Waals surface area contributed by atoms with Crippen LogP contribution in [0.4, 0.5) is 5.82 Å². The highest BCUT2D eigenvalue weighted by Gasteiger charge is 2.19. The number of hydrogen-bond donors (Lipinski definition) is 0. The second-order valence-corrected chi connectivity index (χ2v) is 4.85. The molecule has 88 valence electrons. The van der Waals surface area contributed by atoms with Gasteiger partial charge in [-0.3, -0.25) is 4.68 Å². The number of nitrogens with zero attached hydrogens (tertiary/aromatic N) is 4. The second kappa shape index (κ2) is 5.26. The van der Waals surface area contributed by atoms with Gasteiger partial charge in [0.05, 0.1) is 5.69 Å². The molecular formula is C11H18N4S. The summed E-state index contributed by atoms with van der Waals surface area (Å²) in [5.74, 6) is 1.94. The van der Waals surface area contributed by atoms with Crippen molar-refractivity contribution < 1.29 is 0 Å². The molecule has 0 saturated carbocycles. The lowest BCUT2D eigenvalue weighted by Crippen LogP contribution is -2.32. The number of rotatable bonds is 4. The lowest BCUT2D eigenvalue weighted by atomic mass is 10.2. The van der Waals surface area contributed by atoms with E-state index in [2.05, 4.69) is 29.2 Å². The van der Waals surface area contributed by atoms with Gasteiger partial charge in [-0.2, -0.15) is 22.1 Å². The van der Waals surface area contributed by atoms with E-state index in [-0.39, 0.29) is 0 Å². The predicted octanol–water partition coefficient (Wildman–Crippen LogP) is 1.79. The van der Waals surface area contributed by atoms with E-state index in [0.29, 0.717) is 11.6 Å². The zero-order valence-electron chi connectivity index (χ0n) is 10.5. The van der Waals surface area contributed by atoms with Crippen LogP contribution in [0.1, 0.15) is 18.2 Å². The Morgan fingerprint density at radius 2 is 2.25 bits per heavy atom. The molecule has 0 saturated heterocycles. The van der Waals surface area contributed by atoms with Crippen LogP contribution in [0, 0.1) is 18.3 Å². The minimum atomic E-state index is 0.386. The number of aromatic nitrogens is 2. The first-order chi connectivity index (χ1) is 7.52. The van der Waals surface area contributed by atoms with Crippen molar-refractivity contribution >= 4 is 17.6 Å². The van der Waals surface area contributed by atoms with Crippen LogP contribution >= 0.6 is 11.8 Å². The van der Waals surface area contributed by atoms with Gasteiger partial charge in [-0.1, -0.05) is 0 Å². The summed E-state index contributed by atoms with van der Waals surface area (Å²) >= 11 is 1.80. The fourth-order valence-corrected chi connectivity index (χ4v) is 2.45. The lowest BCUT2D eigenvalue weighted by Gasteiger charge is -2.26. The summed E-state index contributed by atoms with van der Waals surface area (Å²) in [6.07, 6.45) is 2.09. The highest BCUT2D eigenvalue weighted by molar-refractivity contribution is 7.98. The fraction of sp³-hybridized carbons (Fsp3) is 0.636. The summed E-state index contributed by atoms with van der Waals surface area (Å²) in [6, 6.07) is 2.62. The van der Waals surface area contributed by atoms with Gasteiger partial charge in [0.2, 0.25) is 0 Å². The van der Waals surface area contributed by atoms with Gasteiger partial charge in [0.25, 0.3) is 0 Å². The molecule has 1 aromatic rings. The van der Waals surface area contributed by atoms with E-state index in [1.54, 1.807) is 16.4 Å². The van der Waals surface area contributed by atoms with E-state index in [0.717, 1.165) is 17.3 Å². The molecule has 4 nitrogen and oxygen atoms in total. The van der Waals surface area contributed by atoms with Crippen LogP contribution in [0.2, 0.25) is 0 Å². The number of hydrogen-bond acceptors (Lipinski definition) is 4. The molecule has 1 rings (SSSR count). The quantitative estimate of drug-likeness (QED) is 0.802. The standard InChI is InChI=1S/C11H18N4S/c1-8(7-16-5)14(3)11-10(6-12)9(2)13-15(11)4/h8H,7H2,1-5H3. The van der Waals surface area contributed by atoms with Gasteiger partial charge in [0, 0.05) is 25.9 Å². The first-order valence-electron chi connectivity index (χ1n) is 5.18. The third-order valence-electron chi connectivity index (χ3n) is 2.71. The monoisotopic (exact) mass is 238 g/mol. The van der Waals surface area contributed by atoms with Crippen LogP contribution in [0.25, 0.3) is 0 Å². The molecule has 0 aliphatic heterocycles. The molecule has 0 amide bonds. The molecule has 1 unspecified atom stereocenters. The van der Waals surface area contributed by atoms with Crippen molar-refractivity contribution in [1.29, 1.82) is 5.26 Å². The van der Waals surface area contributed by atoms with Crippen molar-refractivity contribution in [2.45, 2.75) is 19.9 Å². The van der Waals surface area contributed by atoms with Crippen molar-refractivity contribution in [2.24, 2.45) is 7.05 Å². The molecule has 0 radical (unpaired) electrons. The third-order valence-corrected chi connectivity index (χ3v) is 3.52. The van der Waals surface area contributed by atoms with Crippen LogP contribution in [0.15, 0.2) is 0 Å². The number of anilines is 1. The normalized spacial score (nSPS) is 12.2. The van der Waals surface area contributed by atoms with Crippen LogP contribution < -0.4 is 4.90 Å². The molecule has 0 aliphatic carbocycles. The minimum absolute atomic E-state index is 0.386. The summed E-state index contributed by atoms with van der Waals surface area (Å²) in [5.41, 5.74) is 1.47. The van der Waals surface area contributed by atoms with Crippen LogP contribution in [0.3, 0.4) is 0 Å². The SMILES string of the molecule is CSCC(C)N(C)c1c(C#N)c(C)nn1C. The number of nitriles is 1. The molecule has 0 N–H and O–H groups in total. The van der Waals surface area contributed by atoms with Gasteiger partial charge in [-0.05, 0) is 20.1 Å². The van der Waals surface area contributed by atoms with Crippen LogP contribution in [-0.2, 0) is 7.05 Å². The highest BCUT2D eigenvalue weighted by Crippen LogP contribution is 2.23. The van der Waals surface area contributed by atoms with Gasteiger partial charge in [0.1, 0.15) is 17.5 Å². The average molecular weight is 238 g/mol. The summed E-state index contributed by atoms with van der Waals surface area (Å²) in [7, 11) is 3.89. The Hall–Kier alpha value is -1.15. The molecule has 0 spiro atoms. The average Bonchev–Trinajstić information content (AvgIpc) is 2.52. The summed E-state index contributed by atoms with van der Waals surface area (Å²) in [5, 5.41) is 13.4. The van der Waals surface area contributed by atoms with E-state index in [4.69, 9.17) is 5.26 Å². The second-order valence-electron chi connectivity index (χ2n) is 3.93. The van der Waals surface area contributed by atoms with Gasteiger partial charge in [0.15, 0.2) is 0 Å². The molecule has 5 heteroatoms. The molecule has 0 bridgehead atoms. The van der Waals surface area contributed by atoms with E-state index < -0.39 is 0 Å². The van der Waals surface area contributed by atoms with Crippen molar-refractivity contribution in [3.63, 3.8) is 0 Å². The number of thioether (sulfide) groups is 1. The molecule has 1 heterocycles. The van der Waals surface area contributed by atoms with Gasteiger partial charge in [-0.25, -0.2) is 0 Å². The van der Waals surface area contributed by atoms with E-state index >= 15 is 0 Å². The summed E-state index contributed by atoms with van der Waals surface area (Å²) in [4.78, 5) is 2.12. The first-order valence-corrected chi connectivity index (χ1v) is 6.57. The molecular weight excluding hydrogens is 220 g/mol. The predicted molar refractivity (Wildman–Crippen MR) is 68.9 cm³/mol. The smallest absolute Gasteiger partial charge is 0.144 e. The van der Waals surface area contributed by atoms with Crippen LogP contribution in [-0.4, -0.2) is 34.9 Å². The zero-order chi connectivity index (χ0) is 12.3. The molecule has 1 aromatic heterocycles. The number of aryl methyl sites for hydroxylation is 2. The Balaban J connectivity index is 3.08. The first kappa shape index (κ1) is 12.9. The molecule has 16 heavy (non-hydrogen) atoms. The Bertz CT molecular complexity index is 405. The Labute approximate surface area is 101 Å². The largest absolute Gasteiger partial charge is 0.355 e. The van der Waals surface area contributed by atoms with Crippen molar-refractivity contribution in [3.05, 3.63) is 11.3 Å². The van der Waals surface area contributed by atoms with Crippen molar-refractivity contribution in [1.82, 2.24) is 9.78 Å². The van der Waals surface area contributed by atoms with Gasteiger partial charge < -0.3 is 4.90 Å². The maximum Gasteiger partial charge on any atom is 0.144 e. The van der Waals surface area contributed by atoms with Gasteiger partial charge in [-0.15, -0.1) is 0 Å². The molecule has 1 atom stereocenters. The third kappa shape index (κ3) is 2.33. The Kier molecular flexibility index (Phi) is 4.25. The van der Waals surface area contributed by atoms with E-state index in [1.807, 2.05) is 21.0 Å². The Morgan fingerprint density at radius 3 is 2.75 bits per heavy atom. The fourth-order valence-electron chi connectivity index (χ4n) is 1.74. The topological polar surface area (TPSA) is 44.9 Å². The highest BCUT2D eigenvalue weighted by atomic mass is 32.2. The maximum atomic E-state index is 9.14. The lowest BCUT2D eigenvalue weighted by molar-refractivity contribution is 0.686. The minimum Gasteiger partial charge on any atom is -0.355 e. The zero-order valence-corrected chi connectivity index (χ0v) is 11.3. The summed E-state index contributed by atoms with van der Waals surface area (Å²) in [6.45, 7) is 4.02. The summed E-state index contributed by atoms with van der Waals surface area (Å²) < 4.78 is 1.78. The molecule has 0 fully saturated rings. The molecule has 0 aliphatic rings. The maximum absolute atomic E-state index is 9.14. The van der Waals surface area contributed by atoms with Gasteiger partial charge >= 0.3 is 0 Å². The van der Waals surface area contributed by atoms with Crippen molar-refractivity contribution in [3.8, 4) is 6.07 Å². The van der Waals surface area contributed by atoms with Crippen LogP contribution in [0.5, 0.6) is 0 Å². The van der Waals surface area contributed by atoms with E-state index in [9.17, 15) is 0 Å². The van der Waals surface area contributed by atoms with Crippen molar-refractivity contribution in [2.75, 3.05) is 24.0 Å².